The highest BCUT2D eigenvalue weighted by molar-refractivity contribution is 5.80. The molecule has 0 aliphatic heterocycles. The molecule has 3 nitrogen and oxygen atoms in total. The van der Waals surface area contributed by atoms with Crippen LogP contribution in [-0.2, 0) is 6.42 Å². The molecule has 0 saturated carbocycles. The van der Waals surface area contributed by atoms with E-state index < -0.39 is 0 Å². The third-order valence-corrected chi connectivity index (χ3v) is 3.40. The van der Waals surface area contributed by atoms with Crippen molar-refractivity contribution in [1.29, 1.82) is 0 Å². The van der Waals surface area contributed by atoms with Crippen molar-refractivity contribution in [3.8, 4) is 5.75 Å². The van der Waals surface area contributed by atoms with Crippen molar-refractivity contribution < 1.29 is 4.74 Å². The fourth-order valence-electron chi connectivity index (χ4n) is 2.31. The largest absolute Gasteiger partial charge is 0.497 e. The number of nitrogens with one attached hydrogen (secondary N) is 1. The van der Waals surface area contributed by atoms with E-state index in [-0.39, 0.29) is 5.43 Å². The molecule has 0 spiro atoms. The van der Waals surface area contributed by atoms with E-state index in [2.05, 4.69) is 4.98 Å². The van der Waals surface area contributed by atoms with Crippen molar-refractivity contribution in [3.05, 3.63) is 76.1 Å². The zero-order valence-corrected chi connectivity index (χ0v) is 11.2. The normalized spacial score (nSPS) is 10.7. The number of fused-ring (bicyclic) bond motifs is 1. The van der Waals surface area contributed by atoms with Crippen molar-refractivity contribution in [1.82, 2.24) is 4.98 Å². The number of aromatic nitrogens is 1. The smallest absolute Gasteiger partial charge is 0.193 e. The number of benzene rings is 2. The molecule has 3 aromatic rings. The second-order valence-corrected chi connectivity index (χ2v) is 4.72. The van der Waals surface area contributed by atoms with Gasteiger partial charge in [0, 0.05) is 29.1 Å². The molecule has 1 heterocycles. The Morgan fingerprint density at radius 3 is 2.65 bits per heavy atom. The predicted octanol–water partition coefficient (Wildman–Crippen LogP) is 3.13. The van der Waals surface area contributed by atoms with E-state index in [1.54, 1.807) is 19.4 Å². The Kier molecular flexibility index (Phi) is 3.25. The third kappa shape index (κ3) is 2.30. The summed E-state index contributed by atoms with van der Waals surface area (Å²) in [5.74, 6) is 0.694. The van der Waals surface area contributed by atoms with Crippen LogP contribution in [0, 0.1) is 0 Å². The summed E-state index contributed by atoms with van der Waals surface area (Å²) in [5, 5.41) is 0.665. The lowest BCUT2D eigenvalue weighted by atomic mass is 10.0. The summed E-state index contributed by atoms with van der Waals surface area (Å²) < 4.78 is 5.18. The van der Waals surface area contributed by atoms with Crippen molar-refractivity contribution in [2.75, 3.05) is 7.11 Å². The van der Waals surface area contributed by atoms with Crippen LogP contribution < -0.4 is 10.2 Å². The van der Waals surface area contributed by atoms with E-state index in [9.17, 15) is 4.79 Å². The molecule has 0 unspecified atom stereocenters. The first-order chi connectivity index (χ1) is 9.78. The maximum Gasteiger partial charge on any atom is 0.193 e. The molecule has 0 saturated heterocycles. The van der Waals surface area contributed by atoms with Crippen molar-refractivity contribution in [2.24, 2.45) is 0 Å². The van der Waals surface area contributed by atoms with Gasteiger partial charge >= 0.3 is 0 Å². The summed E-state index contributed by atoms with van der Waals surface area (Å²) >= 11 is 0. The monoisotopic (exact) mass is 265 g/mol. The summed E-state index contributed by atoms with van der Waals surface area (Å²) in [7, 11) is 1.60. The van der Waals surface area contributed by atoms with Crippen LogP contribution in [0.15, 0.2) is 59.5 Å². The van der Waals surface area contributed by atoms with Gasteiger partial charge in [-0.25, -0.2) is 0 Å². The fourth-order valence-corrected chi connectivity index (χ4v) is 2.31. The summed E-state index contributed by atoms with van der Waals surface area (Å²) in [6.45, 7) is 0. The van der Waals surface area contributed by atoms with Crippen molar-refractivity contribution in [3.63, 3.8) is 0 Å². The Balaban J connectivity index is 2.08. The minimum atomic E-state index is 0.0569. The molecule has 0 amide bonds. The van der Waals surface area contributed by atoms with E-state index in [0.717, 1.165) is 16.6 Å². The van der Waals surface area contributed by atoms with Crippen LogP contribution in [0.5, 0.6) is 5.75 Å². The highest BCUT2D eigenvalue weighted by atomic mass is 16.5. The third-order valence-electron chi connectivity index (χ3n) is 3.40. The Bertz CT molecular complexity index is 791. The predicted molar refractivity (Wildman–Crippen MR) is 80.4 cm³/mol. The van der Waals surface area contributed by atoms with E-state index in [1.165, 1.54) is 0 Å². The van der Waals surface area contributed by atoms with E-state index in [4.69, 9.17) is 4.74 Å². The van der Waals surface area contributed by atoms with Gasteiger partial charge in [-0.15, -0.1) is 0 Å². The van der Waals surface area contributed by atoms with Gasteiger partial charge in [0.25, 0.3) is 0 Å². The zero-order chi connectivity index (χ0) is 13.9. The Morgan fingerprint density at radius 2 is 1.90 bits per heavy atom. The SMILES string of the molecule is COc1ccc2[nH]cc(Cc3ccccc3)c(=O)c2c1. The first-order valence-corrected chi connectivity index (χ1v) is 6.50. The van der Waals surface area contributed by atoms with Crippen LogP contribution in [0.4, 0.5) is 0 Å². The zero-order valence-electron chi connectivity index (χ0n) is 11.2. The minimum absolute atomic E-state index is 0.0569. The van der Waals surface area contributed by atoms with E-state index in [1.807, 2.05) is 42.5 Å². The summed E-state index contributed by atoms with van der Waals surface area (Å²) in [5.41, 5.74) is 2.77. The first kappa shape index (κ1) is 12.5. The van der Waals surface area contributed by atoms with Crippen molar-refractivity contribution >= 4 is 10.9 Å². The minimum Gasteiger partial charge on any atom is -0.497 e. The molecule has 20 heavy (non-hydrogen) atoms. The lowest BCUT2D eigenvalue weighted by molar-refractivity contribution is 0.415. The van der Waals surface area contributed by atoms with Gasteiger partial charge in [-0.3, -0.25) is 4.79 Å². The van der Waals surface area contributed by atoms with E-state index in [0.29, 0.717) is 17.6 Å². The molecular weight excluding hydrogens is 250 g/mol. The van der Waals surface area contributed by atoms with Crippen LogP contribution in [-0.4, -0.2) is 12.1 Å². The molecule has 3 rings (SSSR count). The lowest BCUT2D eigenvalue weighted by Crippen LogP contribution is -2.10. The number of H-pyrrole nitrogens is 1. The average Bonchev–Trinajstić information content (AvgIpc) is 2.51. The number of pyridine rings is 1. The van der Waals surface area contributed by atoms with Gasteiger partial charge in [0.1, 0.15) is 5.75 Å². The van der Waals surface area contributed by atoms with Crippen LogP contribution in [0.3, 0.4) is 0 Å². The van der Waals surface area contributed by atoms with Gasteiger partial charge in [-0.2, -0.15) is 0 Å². The molecule has 0 aliphatic rings. The van der Waals surface area contributed by atoms with Gasteiger partial charge in [0.05, 0.1) is 7.11 Å². The number of aromatic amines is 1. The van der Waals surface area contributed by atoms with Crippen molar-refractivity contribution in [2.45, 2.75) is 6.42 Å². The molecule has 0 bridgehead atoms. The molecule has 100 valence electrons. The van der Waals surface area contributed by atoms with Gasteiger partial charge in [-0.1, -0.05) is 30.3 Å². The van der Waals surface area contributed by atoms with Crippen LogP contribution in [0.25, 0.3) is 10.9 Å². The quantitative estimate of drug-likeness (QED) is 0.790. The summed E-state index contributed by atoms with van der Waals surface area (Å²) in [6.07, 6.45) is 2.42. The molecule has 0 radical (unpaired) electrons. The number of ether oxygens (including phenoxy) is 1. The van der Waals surface area contributed by atoms with Crippen LogP contribution >= 0.6 is 0 Å². The molecule has 0 aliphatic carbocycles. The fraction of sp³-hybridized carbons (Fsp3) is 0.118. The number of hydrogen-bond acceptors (Lipinski definition) is 2. The second-order valence-electron chi connectivity index (χ2n) is 4.72. The van der Waals surface area contributed by atoms with Gasteiger partial charge < -0.3 is 9.72 Å². The number of methoxy groups -OCH3 is 1. The number of rotatable bonds is 3. The molecule has 3 heteroatoms. The van der Waals surface area contributed by atoms with E-state index >= 15 is 0 Å². The maximum atomic E-state index is 12.5. The molecule has 1 aromatic heterocycles. The molecule has 0 atom stereocenters. The van der Waals surface area contributed by atoms with Crippen LogP contribution in [0.1, 0.15) is 11.1 Å². The highest BCUT2D eigenvalue weighted by Gasteiger charge is 2.07. The lowest BCUT2D eigenvalue weighted by Gasteiger charge is -2.05. The van der Waals surface area contributed by atoms with Gasteiger partial charge in [0.2, 0.25) is 0 Å². The number of hydrogen-bond donors (Lipinski definition) is 1. The Morgan fingerprint density at radius 1 is 1.10 bits per heavy atom. The molecule has 0 fully saturated rings. The van der Waals surface area contributed by atoms with Crippen LogP contribution in [0.2, 0.25) is 0 Å². The maximum absolute atomic E-state index is 12.5. The topological polar surface area (TPSA) is 42.1 Å². The first-order valence-electron chi connectivity index (χ1n) is 6.50. The highest BCUT2D eigenvalue weighted by Crippen LogP contribution is 2.17. The Labute approximate surface area is 116 Å². The second kappa shape index (κ2) is 5.21. The summed E-state index contributed by atoms with van der Waals surface area (Å²) in [4.78, 5) is 15.7. The van der Waals surface area contributed by atoms with Gasteiger partial charge in [0.15, 0.2) is 5.43 Å². The average molecular weight is 265 g/mol. The molecule has 1 N–H and O–H groups in total. The Hall–Kier alpha value is -2.55. The molecule has 2 aromatic carbocycles. The molecular formula is C17H15NO2. The van der Waals surface area contributed by atoms with Gasteiger partial charge in [-0.05, 0) is 23.8 Å². The summed E-state index contributed by atoms with van der Waals surface area (Å²) in [6, 6.07) is 15.5. The standard InChI is InChI=1S/C17H15NO2/c1-20-14-7-8-16-15(10-14)17(19)13(11-18-16)9-12-5-3-2-4-6-12/h2-8,10-11H,9H2,1H3,(H,18,19).